The van der Waals surface area contributed by atoms with Crippen LogP contribution in [0.2, 0.25) is 0 Å². The average molecular weight is 212 g/mol. The van der Waals surface area contributed by atoms with Gasteiger partial charge < -0.3 is 9.84 Å². The van der Waals surface area contributed by atoms with Gasteiger partial charge in [-0.25, -0.2) is 0 Å². The minimum Gasteiger partial charge on any atom is -0.481 e. The summed E-state index contributed by atoms with van der Waals surface area (Å²) in [6.45, 7) is 0.671. The smallest absolute Gasteiger partial charge is 0.309 e. The standard InChI is InChI=1S/C10H12O3S/c11-10(12)8-2-1-4-13-9(8)7-3-5-14-6-7/h3,5-6,8-9H,1-2,4H2,(H,11,12). The molecule has 0 bridgehead atoms. The Morgan fingerprint density at radius 3 is 3.14 bits per heavy atom. The first-order chi connectivity index (χ1) is 6.79. The van der Waals surface area contributed by atoms with Gasteiger partial charge in [-0.05, 0) is 35.2 Å². The average Bonchev–Trinajstić information content (AvgIpc) is 2.70. The third-order valence-corrected chi connectivity index (χ3v) is 3.21. The van der Waals surface area contributed by atoms with E-state index in [-0.39, 0.29) is 12.0 Å². The van der Waals surface area contributed by atoms with Gasteiger partial charge in [0, 0.05) is 6.61 Å². The van der Waals surface area contributed by atoms with Crippen LogP contribution >= 0.6 is 11.3 Å². The van der Waals surface area contributed by atoms with Crippen molar-refractivity contribution in [3.63, 3.8) is 0 Å². The normalized spacial score (nSPS) is 27.4. The first-order valence-corrected chi connectivity index (χ1v) is 5.60. The number of carboxylic acid groups (broad SMARTS) is 1. The third kappa shape index (κ3) is 1.81. The van der Waals surface area contributed by atoms with Crippen LogP contribution in [0.1, 0.15) is 24.5 Å². The summed E-state index contributed by atoms with van der Waals surface area (Å²) in [6.07, 6.45) is 1.32. The maximum atomic E-state index is 11.0. The molecule has 0 spiro atoms. The second-order valence-electron chi connectivity index (χ2n) is 3.44. The lowest BCUT2D eigenvalue weighted by Gasteiger charge is -2.28. The molecular formula is C10H12O3S. The zero-order valence-electron chi connectivity index (χ0n) is 7.68. The molecule has 2 heterocycles. The summed E-state index contributed by atoms with van der Waals surface area (Å²) >= 11 is 1.57. The Kier molecular flexibility index (Phi) is 2.84. The first-order valence-electron chi connectivity index (χ1n) is 4.65. The third-order valence-electron chi connectivity index (χ3n) is 2.51. The summed E-state index contributed by atoms with van der Waals surface area (Å²) in [5.74, 6) is -1.13. The number of hydrogen-bond donors (Lipinski definition) is 1. The second-order valence-corrected chi connectivity index (χ2v) is 4.22. The summed E-state index contributed by atoms with van der Waals surface area (Å²) in [6, 6.07) is 1.94. The molecule has 2 atom stereocenters. The minimum atomic E-state index is -0.749. The molecule has 1 aromatic rings. The largest absolute Gasteiger partial charge is 0.481 e. The molecule has 0 aromatic carbocycles. The Hall–Kier alpha value is -0.870. The summed E-state index contributed by atoms with van der Waals surface area (Å²) < 4.78 is 5.52. The van der Waals surface area contributed by atoms with E-state index in [2.05, 4.69) is 0 Å². The summed E-state index contributed by atoms with van der Waals surface area (Å²) in [7, 11) is 0. The minimum absolute atomic E-state index is 0.243. The monoisotopic (exact) mass is 212 g/mol. The summed E-state index contributed by atoms with van der Waals surface area (Å²) in [4.78, 5) is 11.0. The molecule has 0 saturated carbocycles. The van der Waals surface area contributed by atoms with Gasteiger partial charge in [0.2, 0.25) is 0 Å². The van der Waals surface area contributed by atoms with Crippen LogP contribution in [-0.2, 0) is 9.53 Å². The van der Waals surface area contributed by atoms with E-state index >= 15 is 0 Å². The van der Waals surface area contributed by atoms with Crippen LogP contribution in [0.3, 0.4) is 0 Å². The van der Waals surface area contributed by atoms with Crippen LogP contribution in [-0.4, -0.2) is 17.7 Å². The van der Waals surface area contributed by atoms with Crippen molar-refractivity contribution in [2.75, 3.05) is 6.61 Å². The molecule has 1 fully saturated rings. The van der Waals surface area contributed by atoms with Crippen molar-refractivity contribution in [2.45, 2.75) is 18.9 Å². The lowest BCUT2D eigenvalue weighted by molar-refractivity contribution is -0.151. The van der Waals surface area contributed by atoms with Gasteiger partial charge in [-0.1, -0.05) is 0 Å². The Morgan fingerprint density at radius 2 is 2.50 bits per heavy atom. The van der Waals surface area contributed by atoms with Gasteiger partial charge in [-0.15, -0.1) is 0 Å². The van der Waals surface area contributed by atoms with Crippen molar-refractivity contribution in [2.24, 2.45) is 5.92 Å². The lowest BCUT2D eigenvalue weighted by atomic mass is 9.91. The number of carbonyl (C=O) groups is 1. The SMILES string of the molecule is O=C(O)C1CCCOC1c1ccsc1. The fraction of sp³-hybridized carbons (Fsp3) is 0.500. The van der Waals surface area contributed by atoms with Gasteiger partial charge in [0.05, 0.1) is 12.0 Å². The maximum Gasteiger partial charge on any atom is 0.309 e. The Bertz CT molecular complexity index is 307. The van der Waals surface area contributed by atoms with Crippen LogP contribution in [0, 0.1) is 5.92 Å². The van der Waals surface area contributed by atoms with Crippen molar-refractivity contribution in [3.05, 3.63) is 22.4 Å². The lowest BCUT2D eigenvalue weighted by Crippen LogP contribution is -2.28. The number of aliphatic carboxylic acids is 1. The second kappa shape index (κ2) is 4.11. The van der Waals surface area contributed by atoms with Gasteiger partial charge in [-0.3, -0.25) is 4.79 Å². The van der Waals surface area contributed by atoms with Crippen molar-refractivity contribution in [1.82, 2.24) is 0 Å². The van der Waals surface area contributed by atoms with Gasteiger partial charge in [0.25, 0.3) is 0 Å². The van der Waals surface area contributed by atoms with Crippen molar-refractivity contribution in [3.8, 4) is 0 Å². The van der Waals surface area contributed by atoms with Crippen molar-refractivity contribution < 1.29 is 14.6 Å². The zero-order chi connectivity index (χ0) is 9.97. The highest BCUT2D eigenvalue weighted by Crippen LogP contribution is 2.34. The van der Waals surface area contributed by atoms with Gasteiger partial charge >= 0.3 is 5.97 Å². The molecule has 2 rings (SSSR count). The Morgan fingerprint density at radius 1 is 1.64 bits per heavy atom. The van der Waals surface area contributed by atoms with Crippen LogP contribution in [0.15, 0.2) is 16.8 Å². The molecular weight excluding hydrogens is 200 g/mol. The molecule has 1 aliphatic heterocycles. The van der Waals surface area contributed by atoms with Gasteiger partial charge in [-0.2, -0.15) is 11.3 Å². The van der Waals surface area contributed by atoms with E-state index in [9.17, 15) is 4.79 Å². The fourth-order valence-corrected chi connectivity index (χ4v) is 2.48. The Labute approximate surface area is 86.3 Å². The predicted octanol–water partition coefficient (Wildman–Crippen LogP) is 2.30. The van der Waals surface area contributed by atoms with E-state index in [1.54, 1.807) is 11.3 Å². The van der Waals surface area contributed by atoms with Crippen molar-refractivity contribution in [1.29, 1.82) is 0 Å². The molecule has 1 aromatic heterocycles. The Balaban J connectivity index is 2.18. The molecule has 1 aliphatic rings. The van der Waals surface area contributed by atoms with E-state index in [1.165, 1.54) is 0 Å². The molecule has 4 heteroatoms. The van der Waals surface area contributed by atoms with Gasteiger partial charge in [0.1, 0.15) is 0 Å². The fourth-order valence-electron chi connectivity index (χ4n) is 1.80. The molecule has 1 saturated heterocycles. The quantitative estimate of drug-likeness (QED) is 0.818. The van der Waals surface area contributed by atoms with E-state index in [0.29, 0.717) is 6.61 Å². The topological polar surface area (TPSA) is 46.5 Å². The van der Waals surface area contributed by atoms with Crippen LogP contribution in [0.4, 0.5) is 0 Å². The highest BCUT2D eigenvalue weighted by atomic mass is 32.1. The molecule has 14 heavy (non-hydrogen) atoms. The van der Waals surface area contributed by atoms with Crippen LogP contribution < -0.4 is 0 Å². The molecule has 0 amide bonds. The number of thiophene rings is 1. The summed E-state index contributed by atoms with van der Waals surface area (Å²) in [5.41, 5.74) is 1.00. The number of rotatable bonds is 2. The van der Waals surface area contributed by atoms with Gasteiger partial charge in [0.15, 0.2) is 0 Å². The van der Waals surface area contributed by atoms with Crippen LogP contribution in [0.5, 0.6) is 0 Å². The molecule has 0 aliphatic carbocycles. The van der Waals surface area contributed by atoms with Crippen LogP contribution in [0.25, 0.3) is 0 Å². The maximum absolute atomic E-state index is 11.0. The zero-order valence-corrected chi connectivity index (χ0v) is 8.50. The van der Waals surface area contributed by atoms with E-state index in [4.69, 9.17) is 9.84 Å². The highest BCUT2D eigenvalue weighted by molar-refractivity contribution is 7.07. The van der Waals surface area contributed by atoms with E-state index < -0.39 is 5.97 Å². The molecule has 0 radical (unpaired) electrons. The first kappa shape index (κ1) is 9.68. The number of ether oxygens (including phenoxy) is 1. The van der Waals surface area contributed by atoms with E-state index in [0.717, 1.165) is 18.4 Å². The molecule has 2 unspecified atom stereocenters. The predicted molar refractivity (Wildman–Crippen MR) is 53.4 cm³/mol. The molecule has 76 valence electrons. The summed E-state index contributed by atoms with van der Waals surface area (Å²) in [5, 5.41) is 12.9. The number of carboxylic acids is 1. The highest BCUT2D eigenvalue weighted by Gasteiger charge is 2.32. The number of hydrogen-bond acceptors (Lipinski definition) is 3. The molecule has 3 nitrogen and oxygen atoms in total. The van der Waals surface area contributed by atoms with E-state index in [1.807, 2.05) is 16.8 Å². The molecule has 1 N–H and O–H groups in total. The van der Waals surface area contributed by atoms with Crippen molar-refractivity contribution >= 4 is 17.3 Å².